The van der Waals surface area contributed by atoms with E-state index in [0.29, 0.717) is 41.8 Å². The molecule has 1 aliphatic heterocycles. The zero-order chi connectivity index (χ0) is 15.0. The zero-order valence-corrected chi connectivity index (χ0v) is 13.3. The third-order valence-corrected chi connectivity index (χ3v) is 6.92. The molecule has 1 aromatic carbocycles. The van der Waals surface area contributed by atoms with Crippen LogP contribution >= 0.6 is 0 Å². The summed E-state index contributed by atoms with van der Waals surface area (Å²) in [6.07, 6.45) is 4.24. The lowest BCUT2D eigenvalue weighted by atomic mass is 10.0. The SMILES string of the molecule is CCc1ccc(CO)cc1S(=O)(=O)N1CC2CCCC2C1. The number of hydrogen-bond acceptors (Lipinski definition) is 3. The number of aliphatic hydroxyl groups excluding tert-OH is 1. The van der Waals surface area contributed by atoms with Crippen LogP contribution in [0.1, 0.15) is 37.3 Å². The number of nitrogens with zero attached hydrogens (tertiary/aromatic N) is 1. The lowest BCUT2D eigenvalue weighted by Crippen LogP contribution is -2.30. The first-order valence-corrected chi connectivity index (χ1v) is 9.23. The normalized spacial score (nSPS) is 26.2. The van der Waals surface area contributed by atoms with E-state index in [-0.39, 0.29) is 6.61 Å². The minimum Gasteiger partial charge on any atom is -0.392 e. The van der Waals surface area contributed by atoms with Crippen molar-refractivity contribution in [3.63, 3.8) is 0 Å². The summed E-state index contributed by atoms with van der Waals surface area (Å²) in [7, 11) is -3.43. The summed E-state index contributed by atoms with van der Waals surface area (Å²) in [5, 5.41) is 9.28. The zero-order valence-electron chi connectivity index (χ0n) is 12.5. The predicted octanol–water partition coefficient (Wildman–Crippen LogP) is 2.16. The largest absolute Gasteiger partial charge is 0.392 e. The quantitative estimate of drug-likeness (QED) is 0.927. The van der Waals surface area contributed by atoms with Gasteiger partial charge in [0.2, 0.25) is 10.0 Å². The molecular formula is C16H23NO3S. The topological polar surface area (TPSA) is 57.6 Å². The van der Waals surface area contributed by atoms with Gasteiger partial charge in [-0.1, -0.05) is 25.5 Å². The van der Waals surface area contributed by atoms with Crippen LogP contribution in [-0.4, -0.2) is 30.9 Å². The van der Waals surface area contributed by atoms with Crippen molar-refractivity contribution in [2.24, 2.45) is 11.8 Å². The first-order chi connectivity index (χ1) is 10.1. The highest BCUT2D eigenvalue weighted by atomic mass is 32.2. The van der Waals surface area contributed by atoms with Crippen molar-refractivity contribution in [2.45, 2.75) is 44.1 Å². The van der Waals surface area contributed by atoms with Crippen LogP contribution in [0.5, 0.6) is 0 Å². The van der Waals surface area contributed by atoms with E-state index in [1.807, 2.05) is 13.0 Å². The number of hydrogen-bond donors (Lipinski definition) is 1. The van der Waals surface area contributed by atoms with E-state index >= 15 is 0 Å². The van der Waals surface area contributed by atoms with Crippen molar-refractivity contribution in [3.05, 3.63) is 29.3 Å². The van der Waals surface area contributed by atoms with Crippen LogP contribution in [0.3, 0.4) is 0 Å². The molecule has 0 radical (unpaired) electrons. The van der Waals surface area contributed by atoms with Crippen molar-refractivity contribution < 1.29 is 13.5 Å². The molecule has 2 atom stereocenters. The summed E-state index contributed by atoms with van der Waals surface area (Å²) < 4.78 is 27.6. The monoisotopic (exact) mass is 309 g/mol. The fraction of sp³-hybridized carbons (Fsp3) is 0.625. The Balaban J connectivity index is 1.94. The second kappa shape index (κ2) is 5.71. The highest BCUT2D eigenvalue weighted by Crippen LogP contribution is 2.40. The maximum atomic E-state index is 13.0. The molecule has 1 heterocycles. The van der Waals surface area contributed by atoms with E-state index in [2.05, 4.69) is 0 Å². The van der Waals surface area contributed by atoms with Gasteiger partial charge in [0.05, 0.1) is 11.5 Å². The first-order valence-electron chi connectivity index (χ1n) is 7.79. The Labute approximate surface area is 126 Å². The maximum Gasteiger partial charge on any atom is 0.243 e. The van der Waals surface area contributed by atoms with E-state index in [1.165, 1.54) is 6.42 Å². The van der Waals surface area contributed by atoms with Crippen molar-refractivity contribution >= 4 is 10.0 Å². The fourth-order valence-corrected chi connectivity index (χ4v) is 5.65. The summed E-state index contributed by atoms with van der Waals surface area (Å²) in [6.45, 7) is 3.17. The first kappa shape index (κ1) is 15.0. The summed E-state index contributed by atoms with van der Waals surface area (Å²) in [5.74, 6) is 1.09. The third kappa shape index (κ3) is 2.62. The molecule has 3 rings (SSSR count). The number of rotatable bonds is 4. The van der Waals surface area contributed by atoms with Crippen molar-refractivity contribution in [2.75, 3.05) is 13.1 Å². The molecule has 4 nitrogen and oxygen atoms in total. The molecule has 21 heavy (non-hydrogen) atoms. The summed E-state index contributed by atoms with van der Waals surface area (Å²) in [6, 6.07) is 5.27. The third-order valence-electron chi connectivity index (χ3n) is 5.01. The van der Waals surface area contributed by atoms with Gasteiger partial charge in [0, 0.05) is 13.1 Å². The second-order valence-corrected chi connectivity index (χ2v) is 8.13. The van der Waals surface area contributed by atoms with Gasteiger partial charge in [0.15, 0.2) is 0 Å². The molecule has 0 aromatic heterocycles. The van der Waals surface area contributed by atoms with Crippen LogP contribution in [0.15, 0.2) is 23.1 Å². The number of sulfonamides is 1. The smallest absolute Gasteiger partial charge is 0.243 e. The lowest BCUT2D eigenvalue weighted by molar-refractivity contribution is 0.281. The van der Waals surface area contributed by atoms with Gasteiger partial charge in [-0.05, 0) is 48.3 Å². The molecule has 2 unspecified atom stereocenters. The molecule has 1 saturated carbocycles. The average Bonchev–Trinajstić information content (AvgIpc) is 3.08. The molecule has 0 amide bonds. The van der Waals surface area contributed by atoms with Crippen LogP contribution in [0.4, 0.5) is 0 Å². The Kier molecular flexibility index (Phi) is 4.08. The molecular weight excluding hydrogens is 286 g/mol. The maximum absolute atomic E-state index is 13.0. The van der Waals surface area contributed by atoms with Crippen molar-refractivity contribution in [1.29, 1.82) is 0 Å². The van der Waals surface area contributed by atoms with Crippen LogP contribution in [-0.2, 0) is 23.1 Å². The van der Waals surface area contributed by atoms with E-state index in [0.717, 1.165) is 18.4 Å². The molecule has 0 bridgehead atoms. The van der Waals surface area contributed by atoms with E-state index in [4.69, 9.17) is 0 Å². The Morgan fingerprint density at radius 1 is 1.24 bits per heavy atom. The number of aryl methyl sites for hydroxylation is 1. The Bertz CT molecular complexity index is 614. The molecule has 1 aliphatic carbocycles. The van der Waals surface area contributed by atoms with E-state index in [1.54, 1.807) is 16.4 Å². The van der Waals surface area contributed by atoms with Gasteiger partial charge in [-0.25, -0.2) is 8.42 Å². The molecule has 5 heteroatoms. The molecule has 2 fully saturated rings. The van der Waals surface area contributed by atoms with Gasteiger partial charge in [0.1, 0.15) is 0 Å². The predicted molar refractivity (Wildman–Crippen MR) is 81.3 cm³/mol. The second-order valence-electron chi connectivity index (χ2n) is 6.23. The van der Waals surface area contributed by atoms with Crippen LogP contribution in [0.2, 0.25) is 0 Å². The van der Waals surface area contributed by atoms with Gasteiger partial charge in [-0.2, -0.15) is 4.31 Å². The van der Waals surface area contributed by atoms with Gasteiger partial charge in [-0.15, -0.1) is 0 Å². The number of aliphatic hydroxyl groups is 1. The molecule has 0 spiro atoms. The molecule has 1 aromatic rings. The van der Waals surface area contributed by atoms with Crippen molar-refractivity contribution in [1.82, 2.24) is 4.31 Å². The average molecular weight is 309 g/mol. The fourth-order valence-electron chi connectivity index (χ4n) is 3.76. The molecule has 2 aliphatic rings. The highest BCUT2D eigenvalue weighted by molar-refractivity contribution is 7.89. The highest BCUT2D eigenvalue weighted by Gasteiger charge is 2.41. The molecule has 116 valence electrons. The minimum absolute atomic E-state index is 0.127. The Morgan fingerprint density at radius 2 is 1.90 bits per heavy atom. The lowest BCUT2D eigenvalue weighted by Gasteiger charge is -2.20. The standard InChI is InChI=1S/C16H23NO3S/c1-2-13-7-6-12(11-18)8-16(13)21(19,20)17-9-14-4-3-5-15(14)10-17/h6-8,14-15,18H,2-5,9-11H2,1H3. The van der Waals surface area contributed by atoms with Gasteiger partial charge >= 0.3 is 0 Å². The van der Waals surface area contributed by atoms with Crippen LogP contribution < -0.4 is 0 Å². The minimum atomic E-state index is -3.43. The Hall–Kier alpha value is -0.910. The van der Waals surface area contributed by atoms with Crippen molar-refractivity contribution in [3.8, 4) is 0 Å². The van der Waals surface area contributed by atoms with Gasteiger partial charge in [0.25, 0.3) is 0 Å². The summed E-state index contributed by atoms with van der Waals surface area (Å²) in [5.41, 5.74) is 1.49. The van der Waals surface area contributed by atoms with E-state index in [9.17, 15) is 13.5 Å². The number of fused-ring (bicyclic) bond motifs is 1. The summed E-state index contributed by atoms with van der Waals surface area (Å²) >= 11 is 0. The van der Waals surface area contributed by atoms with Gasteiger partial charge in [-0.3, -0.25) is 0 Å². The summed E-state index contributed by atoms with van der Waals surface area (Å²) in [4.78, 5) is 0.386. The van der Waals surface area contributed by atoms with Crippen LogP contribution in [0.25, 0.3) is 0 Å². The molecule has 1 saturated heterocycles. The molecule has 1 N–H and O–H groups in total. The Morgan fingerprint density at radius 3 is 2.48 bits per heavy atom. The van der Waals surface area contributed by atoms with E-state index < -0.39 is 10.0 Å². The number of benzene rings is 1. The van der Waals surface area contributed by atoms with Gasteiger partial charge < -0.3 is 5.11 Å². The van der Waals surface area contributed by atoms with Crippen LogP contribution in [0, 0.1) is 11.8 Å².